The van der Waals surface area contributed by atoms with Crippen LogP contribution in [0.15, 0.2) is 44.5 Å². The van der Waals surface area contributed by atoms with Crippen LogP contribution < -0.4 is 0 Å². The minimum absolute atomic E-state index is 0.198. The molecule has 0 radical (unpaired) electrons. The zero-order chi connectivity index (χ0) is 16.8. The van der Waals surface area contributed by atoms with E-state index in [1.165, 1.54) is 12.8 Å². The Morgan fingerprint density at radius 3 is 2.29 bits per heavy atom. The van der Waals surface area contributed by atoms with E-state index in [1.54, 1.807) is 0 Å². The maximum absolute atomic E-state index is 4.67. The highest BCUT2D eigenvalue weighted by Crippen LogP contribution is 2.17. The van der Waals surface area contributed by atoms with Gasteiger partial charge in [0.05, 0.1) is 11.0 Å². The zero-order valence-electron chi connectivity index (χ0n) is 14.4. The largest absolute Gasteiger partial charge is 0.321 e. The highest BCUT2D eigenvalue weighted by molar-refractivity contribution is 6.09. The SMILES string of the molecule is CC1=NCCCCCCN=C(C)C1N=Nc1nc2ccccc2[nH]1. The standard InChI is InChI=1S/C18H24N6/c1-13-17(14(2)20-12-8-4-3-7-11-19-13)23-24-18-21-15-9-5-6-10-16(15)22-18/h5-6,9-10,17H,3-4,7-8,11-12H2,1-2H3,(H,21,22). The summed E-state index contributed by atoms with van der Waals surface area (Å²) in [5.41, 5.74) is 3.80. The predicted molar refractivity (Wildman–Crippen MR) is 98.8 cm³/mol. The summed E-state index contributed by atoms with van der Waals surface area (Å²) in [4.78, 5) is 16.9. The number of hydrogen-bond acceptors (Lipinski definition) is 5. The predicted octanol–water partition coefficient (Wildman–Crippen LogP) is 4.51. The maximum Gasteiger partial charge on any atom is 0.247 e. The highest BCUT2D eigenvalue weighted by Gasteiger charge is 2.16. The van der Waals surface area contributed by atoms with Crippen LogP contribution in [0.4, 0.5) is 5.95 Å². The summed E-state index contributed by atoms with van der Waals surface area (Å²) >= 11 is 0. The molecule has 1 aromatic heterocycles. The Bertz CT molecular complexity index is 714. The number of azo groups is 1. The molecule has 0 saturated carbocycles. The molecule has 0 fully saturated rings. The molecule has 0 saturated heterocycles. The molecule has 1 aliphatic rings. The molecule has 0 bridgehead atoms. The quantitative estimate of drug-likeness (QED) is 0.810. The lowest BCUT2D eigenvalue weighted by molar-refractivity contribution is 0.655. The van der Waals surface area contributed by atoms with Crippen LogP contribution in [0.25, 0.3) is 11.0 Å². The fourth-order valence-corrected chi connectivity index (χ4v) is 2.83. The molecule has 0 amide bonds. The number of benzene rings is 1. The number of nitrogens with zero attached hydrogens (tertiary/aromatic N) is 5. The molecule has 6 nitrogen and oxygen atoms in total. The number of aliphatic imine (C=N–C) groups is 2. The lowest BCUT2D eigenvalue weighted by Crippen LogP contribution is -2.24. The molecule has 2 heterocycles. The number of hydrogen-bond donors (Lipinski definition) is 1. The summed E-state index contributed by atoms with van der Waals surface area (Å²) in [6.45, 7) is 5.74. The van der Waals surface area contributed by atoms with Crippen LogP contribution in [-0.2, 0) is 0 Å². The first kappa shape index (κ1) is 16.5. The van der Waals surface area contributed by atoms with Gasteiger partial charge in [0.25, 0.3) is 0 Å². The summed E-state index contributed by atoms with van der Waals surface area (Å²) < 4.78 is 0. The number of imidazole rings is 1. The average Bonchev–Trinajstić information content (AvgIpc) is 2.98. The first-order chi connectivity index (χ1) is 11.7. The highest BCUT2D eigenvalue weighted by atomic mass is 15.2. The third-order valence-electron chi connectivity index (χ3n) is 4.22. The topological polar surface area (TPSA) is 78.1 Å². The molecular formula is C18H24N6. The van der Waals surface area contributed by atoms with E-state index in [0.717, 1.165) is 48.4 Å². The second-order valence-corrected chi connectivity index (χ2v) is 6.16. The number of para-hydroxylation sites is 2. The van der Waals surface area contributed by atoms with Crippen molar-refractivity contribution in [3.05, 3.63) is 24.3 Å². The summed E-state index contributed by atoms with van der Waals surface area (Å²) in [6, 6.07) is 7.67. The van der Waals surface area contributed by atoms with Crippen molar-refractivity contribution >= 4 is 28.4 Å². The van der Waals surface area contributed by atoms with Crippen molar-refractivity contribution in [2.45, 2.75) is 45.6 Å². The first-order valence-electron chi connectivity index (χ1n) is 8.61. The van der Waals surface area contributed by atoms with E-state index >= 15 is 0 Å². The van der Waals surface area contributed by atoms with E-state index in [2.05, 4.69) is 30.2 Å². The van der Waals surface area contributed by atoms with E-state index in [9.17, 15) is 0 Å². The zero-order valence-corrected chi connectivity index (χ0v) is 14.4. The Balaban J connectivity index is 1.84. The van der Waals surface area contributed by atoms with Gasteiger partial charge in [0.2, 0.25) is 5.95 Å². The summed E-state index contributed by atoms with van der Waals surface area (Å²) in [7, 11) is 0. The fourth-order valence-electron chi connectivity index (χ4n) is 2.83. The molecule has 0 aliphatic carbocycles. The van der Waals surface area contributed by atoms with Crippen molar-refractivity contribution in [2.24, 2.45) is 20.2 Å². The Hall–Kier alpha value is -2.37. The number of fused-ring (bicyclic) bond motifs is 1. The van der Waals surface area contributed by atoms with Crippen LogP contribution in [0.2, 0.25) is 0 Å². The van der Waals surface area contributed by atoms with Gasteiger partial charge in [0, 0.05) is 24.5 Å². The molecule has 3 rings (SSSR count). The van der Waals surface area contributed by atoms with Crippen LogP contribution in [-0.4, -0.2) is 40.5 Å². The van der Waals surface area contributed by atoms with Gasteiger partial charge in [-0.15, -0.1) is 5.11 Å². The van der Waals surface area contributed by atoms with E-state index in [0.29, 0.717) is 5.95 Å². The van der Waals surface area contributed by atoms with Crippen LogP contribution in [0, 0.1) is 0 Å². The van der Waals surface area contributed by atoms with Crippen molar-refractivity contribution < 1.29 is 0 Å². The third kappa shape index (κ3) is 4.13. The lowest BCUT2D eigenvalue weighted by atomic mass is 10.1. The van der Waals surface area contributed by atoms with Crippen LogP contribution in [0.1, 0.15) is 39.5 Å². The van der Waals surface area contributed by atoms with Gasteiger partial charge in [0.15, 0.2) is 0 Å². The Kier molecular flexibility index (Phi) is 5.46. The third-order valence-corrected chi connectivity index (χ3v) is 4.22. The molecule has 1 aromatic carbocycles. The number of nitrogens with one attached hydrogen (secondary N) is 1. The van der Waals surface area contributed by atoms with Crippen LogP contribution in [0.5, 0.6) is 0 Å². The first-order valence-corrected chi connectivity index (χ1v) is 8.61. The smallest absolute Gasteiger partial charge is 0.247 e. The van der Waals surface area contributed by atoms with E-state index < -0.39 is 0 Å². The molecule has 6 heteroatoms. The molecule has 0 spiro atoms. The van der Waals surface area contributed by atoms with Crippen molar-refractivity contribution in [3.8, 4) is 0 Å². The average molecular weight is 324 g/mol. The van der Waals surface area contributed by atoms with Gasteiger partial charge in [-0.05, 0) is 38.8 Å². The molecule has 0 atom stereocenters. The lowest BCUT2D eigenvalue weighted by Gasteiger charge is -2.10. The minimum Gasteiger partial charge on any atom is -0.321 e. The Labute approximate surface area is 142 Å². The van der Waals surface area contributed by atoms with Gasteiger partial charge in [-0.2, -0.15) is 5.11 Å². The van der Waals surface area contributed by atoms with Crippen molar-refractivity contribution in [1.29, 1.82) is 0 Å². The molecule has 0 unspecified atom stereocenters. The molecule has 1 aliphatic heterocycles. The molecule has 1 N–H and O–H groups in total. The van der Waals surface area contributed by atoms with Gasteiger partial charge in [-0.3, -0.25) is 9.98 Å². The normalized spacial score (nSPS) is 20.7. The van der Waals surface area contributed by atoms with Gasteiger partial charge >= 0.3 is 0 Å². The molecular weight excluding hydrogens is 300 g/mol. The monoisotopic (exact) mass is 324 g/mol. The second kappa shape index (κ2) is 7.95. The Morgan fingerprint density at radius 2 is 1.62 bits per heavy atom. The Morgan fingerprint density at radius 1 is 0.958 bits per heavy atom. The summed E-state index contributed by atoms with van der Waals surface area (Å²) in [5, 5.41) is 8.80. The van der Waals surface area contributed by atoms with Crippen molar-refractivity contribution in [3.63, 3.8) is 0 Å². The van der Waals surface area contributed by atoms with E-state index in [-0.39, 0.29) is 6.04 Å². The number of rotatable bonds is 2. The van der Waals surface area contributed by atoms with E-state index in [4.69, 9.17) is 0 Å². The number of aromatic amines is 1. The molecule has 24 heavy (non-hydrogen) atoms. The van der Waals surface area contributed by atoms with Gasteiger partial charge in [0.1, 0.15) is 6.04 Å². The van der Waals surface area contributed by atoms with Crippen molar-refractivity contribution in [2.75, 3.05) is 13.1 Å². The minimum atomic E-state index is -0.198. The summed E-state index contributed by atoms with van der Waals surface area (Å²) in [5.74, 6) is 0.520. The fraction of sp³-hybridized carbons (Fsp3) is 0.500. The van der Waals surface area contributed by atoms with Crippen LogP contribution in [0.3, 0.4) is 0 Å². The summed E-state index contributed by atoms with van der Waals surface area (Å²) in [6.07, 6.45) is 4.70. The molecule has 2 aromatic rings. The number of H-pyrrole nitrogens is 1. The van der Waals surface area contributed by atoms with Gasteiger partial charge < -0.3 is 4.98 Å². The maximum atomic E-state index is 4.67. The molecule has 126 valence electrons. The second-order valence-electron chi connectivity index (χ2n) is 6.16. The van der Waals surface area contributed by atoms with Crippen LogP contribution >= 0.6 is 0 Å². The number of aromatic nitrogens is 2. The van der Waals surface area contributed by atoms with Gasteiger partial charge in [-0.1, -0.05) is 25.0 Å². The van der Waals surface area contributed by atoms with E-state index in [1.807, 2.05) is 38.1 Å². The van der Waals surface area contributed by atoms with Crippen molar-refractivity contribution in [1.82, 2.24) is 9.97 Å². The van der Waals surface area contributed by atoms with Gasteiger partial charge in [-0.25, -0.2) is 4.98 Å².